The van der Waals surface area contributed by atoms with Crippen LogP contribution < -0.4 is 10.6 Å². The maximum Gasteiger partial charge on any atom is 0.255 e. The third kappa shape index (κ3) is 3.12. The minimum absolute atomic E-state index is 0.107. The van der Waals surface area contributed by atoms with Crippen molar-refractivity contribution in [2.24, 2.45) is 0 Å². The minimum Gasteiger partial charge on any atom is -0.322 e. The van der Waals surface area contributed by atoms with Gasteiger partial charge in [0, 0.05) is 50.7 Å². The first-order chi connectivity index (χ1) is 12.5. The molecule has 26 heavy (non-hydrogen) atoms. The van der Waals surface area contributed by atoms with E-state index in [1.54, 1.807) is 4.90 Å². The van der Waals surface area contributed by atoms with E-state index in [4.69, 9.17) is 0 Å². The van der Waals surface area contributed by atoms with Crippen LogP contribution in [0.2, 0.25) is 0 Å². The third-order valence-electron chi connectivity index (χ3n) is 5.62. The number of hydrogen-bond donors (Lipinski definition) is 2. The smallest absolute Gasteiger partial charge is 0.255 e. The van der Waals surface area contributed by atoms with Gasteiger partial charge in [-0.15, -0.1) is 0 Å². The summed E-state index contributed by atoms with van der Waals surface area (Å²) in [7, 11) is 0. The highest BCUT2D eigenvalue weighted by Crippen LogP contribution is 2.28. The molecule has 0 aromatic heterocycles. The predicted octanol–water partition coefficient (Wildman–Crippen LogP) is 0.241. The molecule has 2 fully saturated rings. The number of piperidine rings is 1. The average molecular weight is 356 g/mol. The van der Waals surface area contributed by atoms with E-state index in [0.717, 1.165) is 37.3 Å². The topological polar surface area (TPSA) is 81.8 Å². The van der Waals surface area contributed by atoms with Crippen LogP contribution in [0, 0.1) is 0 Å². The maximum absolute atomic E-state index is 12.9. The van der Waals surface area contributed by atoms with Crippen molar-refractivity contribution in [2.45, 2.75) is 44.9 Å². The lowest BCUT2D eigenvalue weighted by molar-refractivity contribution is -0.136. The lowest BCUT2D eigenvalue weighted by atomic mass is 10.0. The monoisotopic (exact) mass is 356 g/mol. The number of nitrogens with one attached hydrogen (secondary N) is 2. The number of imide groups is 1. The van der Waals surface area contributed by atoms with E-state index in [2.05, 4.69) is 28.5 Å². The summed E-state index contributed by atoms with van der Waals surface area (Å²) in [4.78, 5) is 40.3. The summed E-state index contributed by atoms with van der Waals surface area (Å²) in [6.07, 6.45) is 0.679. The fourth-order valence-corrected chi connectivity index (χ4v) is 4.05. The molecule has 3 amide bonds. The maximum atomic E-state index is 12.9. The summed E-state index contributed by atoms with van der Waals surface area (Å²) in [5.41, 5.74) is 2.77. The molecule has 3 aliphatic rings. The van der Waals surface area contributed by atoms with E-state index >= 15 is 0 Å². The standard InChI is InChI=1S/C19H24N4O3/c1-12-9-20-6-7-22(12)10-13-2-3-14-11-23(19(26)15(14)8-13)16-4-5-17(24)21-18(16)25/h2-3,8,12,16,20H,4-7,9-11H2,1H3,(H,21,24,25). The lowest BCUT2D eigenvalue weighted by Gasteiger charge is -2.33. The molecule has 0 spiro atoms. The Morgan fingerprint density at radius 1 is 1.23 bits per heavy atom. The van der Waals surface area contributed by atoms with Crippen LogP contribution in [0.25, 0.3) is 0 Å². The van der Waals surface area contributed by atoms with E-state index < -0.39 is 6.04 Å². The van der Waals surface area contributed by atoms with Gasteiger partial charge in [0.15, 0.2) is 0 Å². The zero-order valence-corrected chi connectivity index (χ0v) is 15.0. The van der Waals surface area contributed by atoms with Crippen LogP contribution in [0.15, 0.2) is 18.2 Å². The van der Waals surface area contributed by atoms with Crippen molar-refractivity contribution < 1.29 is 14.4 Å². The fraction of sp³-hybridized carbons (Fsp3) is 0.526. The Bertz CT molecular complexity index is 763. The van der Waals surface area contributed by atoms with Crippen molar-refractivity contribution >= 4 is 17.7 Å². The first-order valence-corrected chi connectivity index (χ1v) is 9.24. The molecule has 0 saturated carbocycles. The largest absolute Gasteiger partial charge is 0.322 e. The third-order valence-corrected chi connectivity index (χ3v) is 5.62. The average Bonchev–Trinajstić information content (AvgIpc) is 2.93. The first-order valence-electron chi connectivity index (χ1n) is 9.24. The van der Waals surface area contributed by atoms with Crippen LogP contribution in [0.3, 0.4) is 0 Å². The van der Waals surface area contributed by atoms with Gasteiger partial charge in [0.1, 0.15) is 6.04 Å². The second kappa shape index (κ2) is 6.81. The van der Waals surface area contributed by atoms with Gasteiger partial charge in [0.25, 0.3) is 5.91 Å². The molecule has 3 aliphatic heterocycles. The van der Waals surface area contributed by atoms with Gasteiger partial charge in [0.05, 0.1) is 0 Å². The van der Waals surface area contributed by atoms with Crippen molar-refractivity contribution in [1.29, 1.82) is 0 Å². The van der Waals surface area contributed by atoms with E-state index in [1.165, 1.54) is 0 Å². The first kappa shape index (κ1) is 17.2. The van der Waals surface area contributed by atoms with Crippen molar-refractivity contribution in [2.75, 3.05) is 19.6 Å². The number of fused-ring (bicyclic) bond motifs is 1. The normalized spacial score (nSPS) is 26.8. The van der Waals surface area contributed by atoms with Gasteiger partial charge in [0.2, 0.25) is 11.8 Å². The van der Waals surface area contributed by atoms with Crippen molar-refractivity contribution in [3.63, 3.8) is 0 Å². The van der Waals surface area contributed by atoms with Crippen LogP contribution in [-0.2, 0) is 22.7 Å². The second-order valence-corrected chi connectivity index (χ2v) is 7.42. The molecule has 2 saturated heterocycles. The Labute approximate surface area is 152 Å². The number of hydrogen-bond acceptors (Lipinski definition) is 5. The molecule has 2 unspecified atom stereocenters. The van der Waals surface area contributed by atoms with E-state index in [9.17, 15) is 14.4 Å². The highest BCUT2D eigenvalue weighted by molar-refractivity contribution is 6.05. The van der Waals surface area contributed by atoms with Crippen LogP contribution >= 0.6 is 0 Å². The molecule has 7 heteroatoms. The zero-order valence-electron chi connectivity index (χ0n) is 15.0. The van der Waals surface area contributed by atoms with Crippen molar-refractivity contribution in [3.8, 4) is 0 Å². The highest BCUT2D eigenvalue weighted by Gasteiger charge is 2.39. The molecular formula is C19H24N4O3. The van der Waals surface area contributed by atoms with Crippen molar-refractivity contribution in [1.82, 2.24) is 20.4 Å². The molecule has 4 rings (SSSR count). The van der Waals surface area contributed by atoms with Crippen LogP contribution in [0.4, 0.5) is 0 Å². The van der Waals surface area contributed by atoms with Gasteiger partial charge in [-0.05, 0) is 30.5 Å². The number of nitrogens with zero attached hydrogens (tertiary/aromatic N) is 2. The molecule has 1 aromatic rings. The molecule has 1 aromatic carbocycles. The second-order valence-electron chi connectivity index (χ2n) is 7.42. The fourth-order valence-electron chi connectivity index (χ4n) is 4.05. The number of carbonyl (C=O) groups is 3. The number of amides is 3. The Hall–Kier alpha value is -2.25. The predicted molar refractivity (Wildman–Crippen MR) is 95.2 cm³/mol. The quantitative estimate of drug-likeness (QED) is 0.759. The molecule has 0 aliphatic carbocycles. The summed E-state index contributed by atoms with van der Waals surface area (Å²) in [5.74, 6) is -0.732. The van der Waals surface area contributed by atoms with Crippen LogP contribution in [0.1, 0.15) is 41.3 Å². The van der Waals surface area contributed by atoms with Gasteiger partial charge >= 0.3 is 0 Å². The summed E-state index contributed by atoms with van der Waals surface area (Å²) >= 11 is 0. The molecule has 7 nitrogen and oxygen atoms in total. The summed E-state index contributed by atoms with van der Waals surface area (Å²) < 4.78 is 0. The number of piperazine rings is 1. The Morgan fingerprint density at radius 2 is 2.08 bits per heavy atom. The minimum atomic E-state index is -0.552. The summed E-state index contributed by atoms with van der Waals surface area (Å²) in [5, 5.41) is 5.72. The van der Waals surface area contributed by atoms with E-state index in [0.29, 0.717) is 24.6 Å². The highest BCUT2D eigenvalue weighted by atomic mass is 16.2. The molecule has 2 N–H and O–H groups in total. The zero-order chi connectivity index (χ0) is 18.3. The molecule has 138 valence electrons. The Kier molecular flexibility index (Phi) is 4.50. The van der Waals surface area contributed by atoms with Gasteiger partial charge in [-0.1, -0.05) is 12.1 Å². The molecular weight excluding hydrogens is 332 g/mol. The summed E-state index contributed by atoms with van der Waals surface area (Å²) in [6.45, 7) is 6.42. The van der Waals surface area contributed by atoms with Crippen molar-refractivity contribution in [3.05, 3.63) is 34.9 Å². The molecule has 0 radical (unpaired) electrons. The molecule has 2 atom stereocenters. The van der Waals surface area contributed by atoms with Gasteiger partial charge < -0.3 is 10.2 Å². The van der Waals surface area contributed by atoms with E-state index in [1.807, 2.05) is 12.1 Å². The summed E-state index contributed by atoms with van der Waals surface area (Å²) in [6, 6.07) is 5.96. The Morgan fingerprint density at radius 3 is 2.85 bits per heavy atom. The van der Waals surface area contributed by atoms with Crippen LogP contribution in [-0.4, -0.2) is 59.2 Å². The Balaban J connectivity index is 1.50. The number of benzene rings is 1. The van der Waals surface area contributed by atoms with E-state index in [-0.39, 0.29) is 24.1 Å². The lowest BCUT2D eigenvalue weighted by Crippen LogP contribution is -2.52. The van der Waals surface area contributed by atoms with Crippen LogP contribution in [0.5, 0.6) is 0 Å². The van der Waals surface area contributed by atoms with Gasteiger partial charge in [-0.3, -0.25) is 24.6 Å². The molecule has 0 bridgehead atoms. The number of carbonyl (C=O) groups excluding carboxylic acids is 3. The SMILES string of the molecule is CC1CNCCN1Cc1ccc2c(c1)C(=O)N(C1CCC(=O)NC1=O)C2. The van der Waals surface area contributed by atoms with Gasteiger partial charge in [-0.25, -0.2) is 0 Å². The molecule has 3 heterocycles. The van der Waals surface area contributed by atoms with Gasteiger partial charge in [-0.2, -0.15) is 0 Å². The number of rotatable bonds is 3.